The average Bonchev–Trinajstić information content (AvgIpc) is 2.49. The van der Waals surface area contributed by atoms with E-state index in [1.807, 2.05) is 0 Å². The molecular weight excluding hydrogens is 276 g/mol. The Bertz CT molecular complexity index is 404. The van der Waals surface area contributed by atoms with Crippen LogP contribution in [0.1, 0.15) is 43.9 Å². The van der Waals surface area contributed by atoms with Crippen molar-refractivity contribution in [2.24, 2.45) is 0 Å². The fourth-order valence-corrected chi connectivity index (χ4v) is 3.99. The minimum Gasteiger partial charge on any atom is -0.310 e. The molecule has 2 rings (SSSR count). The third-order valence-electron chi connectivity index (χ3n) is 4.18. The summed E-state index contributed by atoms with van der Waals surface area (Å²) in [6.07, 6.45) is 2.40. The van der Waals surface area contributed by atoms with Gasteiger partial charge in [-0.3, -0.25) is 0 Å². The van der Waals surface area contributed by atoms with Crippen molar-refractivity contribution >= 4 is 11.8 Å². The van der Waals surface area contributed by atoms with Crippen LogP contribution in [0.15, 0.2) is 24.3 Å². The van der Waals surface area contributed by atoms with Crippen LogP contribution < -0.4 is 5.32 Å². The highest BCUT2D eigenvalue weighted by Crippen LogP contribution is 2.21. The molecule has 0 saturated carbocycles. The first-order chi connectivity index (χ1) is 10.2. The number of nitrogens with one attached hydrogen (secondary N) is 1. The van der Waals surface area contributed by atoms with Gasteiger partial charge in [0, 0.05) is 36.7 Å². The standard InChI is InChI=1S/C18H30N2S/c1-4-10-19-18(17-7-5-15(2)6-8-17)9-11-20-12-13-21-16(3)14-20/h5-8,16,18-19H,4,9-14H2,1-3H3. The normalized spacial score (nSPS) is 21.4. The van der Waals surface area contributed by atoms with E-state index >= 15 is 0 Å². The van der Waals surface area contributed by atoms with E-state index in [-0.39, 0.29) is 0 Å². The second kappa shape index (κ2) is 8.82. The molecule has 1 heterocycles. The molecule has 21 heavy (non-hydrogen) atoms. The van der Waals surface area contributed by atoms with Gasteiger partial charge in [-0.2, -0.15) is 11.8 Å². The van der Waals surface area contributed by atoms with Crippen LogP contribution in [0.3, 0.4) is 0 Å². The molecule has 1 aromatic rings. The largest absolute Gasteiger partial charge is 0.310 e. The second-order valence-electron chi connectivity index (χ2n) is 6.19. The van der Waals surface area contributed by atoms with Gasteiger partial charge in [-0.1, -0.05) is 43.7 Å². The molecule has 0 spiro atoms. The number of hydrogen-bond acceptors (Lipinski definition) is 3. The van der Waals surface area contributed by atoms with E-state index in [1.165, 1.54) is 49.4 Å². The zero-order valence-corrected chi connectivity index (χ0v) is 14.6. The Labute approximate surface area is 134 Å². The molecule has 2 unspecified atom stereocenters. The number of nitrogens with zero attached hydrogens (tertiary/aromatic N) is 1. The van der Waals surface area contributed by atoms with Gasteiger partial charge in [0.05, 0.1) is 0 Å². The van der Waals surface area contributed by atoms with Crippen LogP contribution in [0, 0.1) is 6.92 Å². The zero-order chi connectivity index (χ0) is 15.1. The SMILES string of the molecule is CCCNC(CCN1CCSC(C)C1)c1ccc(C)cc1. The van der Waals surface area contributed by atoms with Crippen molar-refractivity contribution in [1.29, 1.82) is 0 Å². The highest BCUT2D eigenvalue weighted by Gasteiger charge is 2.18. The van der Waals surface area contributed by atoms with Gasteiger partial charge >= 0.3 is 0 Å². The van der Waals surface area contributed by atoms with E-state index in [2.05, 4.69) is 67.0 Å². The van der Waals surface area contributed by atoms with Gasteiger partial charge in [-0.15, -0.1) is 0 Å². The van der Waals surface area contributed by atoms with Gasteiger partial charge in [0.25, 0.3) is 0 Å². The summed E-state index contributed by atoms with van der Waals surface area (Å²) >= 11 is 2.11. The molecule has 1 saturated heterocycles. The van der Waals surface area contributed by atoms with Crippen molar-refractivity contribution in [2.45, 2.75) is 44.9 Å². The van der Waals surface area contributed by atoms with Crippen molar-refractivity contribution < 1.29 is 0 Å². The lowest BCUT2D eigenvalue weighted by atomic mass is 10.0. The maximum Gasteiger partial charge on any atom is 0.0332 e. The Balaban J connectivity index is 1.91. The molecule has 1 fully saturated rings. The molecule has 1 N–H and O–H groups in total. The van der Waals surface area contributed by atoms with Crippen molar-refractivity contribution in [3.05, 3.63) is 35.4 Å². The number of benzene rings is 1. The summed E-state index contributed by atoms with van der Waals surface area (Å²) < 4.78 is 0. The third-order valence-corrected chi connectivity index (χ3v) is 5.32. The Morgan fingerprint density at radius 2 is 2.10 bits per heavy atom. The van der Waals surface area contributed by atoms with Gasteiger partial charge in [-0.05, 0) is 31.9 Å². The average molecular weight is 307 g/mol. The predicted molar refractivity (Wildman–Crippen MR) is 95.2 cm³/mol. The quantitative estimate of drug-likeness (QED) is 0.823. The molecule has 0 radical (unpaired) electrons. The van der Waals surface area contributed by atoms with E-state index in [0.29, 0.717) is 6.04 Å². The van der Waals surface area contributed by atoms with Crippen molar-refractivity contribution in [3.8, 4) is 0 Å². The number of rotatable bonds is 7. The van der Waals surface area contributed by atoms with Gasteiger partial charge in [0.15, 0.2) is 0 Å². The summed E-state index contributed by atoms with van der Waals surface area (Å²) in [5.74, 6) is 1.29. The molecule has 0 aromatic heterocycles. The number of aryl methyl sites for hydroxylation is 1. The van der Waals surface area contributed by atoms with Crippen LogP contribution >= 0.6 is 11.8 Å². The second-order valence-corrected chi connectivity index (χ2v) is 7.73. The van der Waals surface area contributed by atoms with E-state index < -0.39 is 0 Å². The summed E-state index contributed by atoms with van der Waals surface area (Å²) in [5, 5.41) is 4.52. The first kappa shape index (κ1) is 16.9. The minimum absolute atomic E-state index is 0.496. The van der Waals surface area contributed by atoms with Gasteiger partial charge in [0.1, 0.15) is 0 Å². The van der Waals surface area contributed by atoms with Crippen molar-refractivity contribution in [1.82, 2.24) is 10.2 Å². The first-order valence-electron chi connectivity index (χ1n) is 8.33. The highest BCUT2D eigenvalue weighted by atomic mass is 32.2. The van der Waals surface area contributed by atoms with Crippen LogP contribution in [0.2, 0.25) is 0 Å². The number of thioether (sulfide) groups is 1. The van der Waals surface area contributed by atoms with Crippen LogP contribution in [0.5, 0.6) is 0 Å². The Morgan fingerprint density at radius 3 is 2.76 bits per heavy atom. The zero-order valence-electron chi connectivity index (χ0n) is 13.8. The molecule has 2 nitrogen and oxygen atoms in total. The molecule has 0 bridgehead atoms. The maximum absolute atomic E-state index is 3.72. The summed E-state index contributed by atoms with van der Waals surface area (Å²) in [5.41, 5.74) is 2.78. The summed E-state index contributed by atoms with van der Waals surface area (Å²) in [6, 6.07) is 9.54. The van der Waals surface area contributed by atoms with Gasteiger partial charge < -0.3 is 10.2 Å². The Morgan fingerprint density at radius 1 is 1.33 bits per heavy atom. The van der Waals surface area contributed by atoms with E-state index in [1.54, 1.807) is 0 Å². The molecule has 118 valence electrons. The van der Waals surface area contributed by atoms with Crippen LogP contribution in [-0.2, 0) is 0 Å². The fraction of sp³-hybridized carbons (Fsp3) is 0.667. The van der Waals surface area contributed by atoms with E-state index in [9.17, 15) is 0 Å². The molecule has 0 amide bonds. The lowest BCUT2D eigenvalue weighted by Crippen LogP contribution is -2.38. The molecule has 1 aliphatic heterocycles. The van der Waals surface area contributed by atoms with Crippen LogP contribution in [0.4, 0.5) is 0 Å². The predicted octanol–water partition coefficient (Wildman–Crippen LogP) is 3.86. The summed E-state index contributed by atoms with van der Waals surface area (Å²) in [7, 11) is 0. The lowest BCUT2D eigenvalue weighted by Gasteiger charge is -2.32. The molecule has 0 aliphatic carbocycles. The van der Waals surface area contributed by atoms with Gasteiger partial charge in [0.2, 0.25) is 0 Å². The lowest BCUT2D eigenvalue weighted by molar-refractivity contribution is 0.267. The maximum atomic E-state index is 3.72. The van der Waals surface area contributed by atoms with E-state index in [4.69, 9.17) is 0 Å². The highest BCUT2D eigenvalue weighted by molar-refractivity contribution is 7.99. The van der Waals surface area contributed by atoms with Crippen molar-refractivity contribution in [3.63, 3.8) is 0 Å². The Hall–Kier alpha value is -0.510. The summed E-state index contributed by atoms with van der Waals surface area (Å²) in [4.78, 5) is 2.63. The van der Waals surface area contributed by atoms with Crippen LogP contribution in [-0.4, -0.2) is 42.1 Å². The minimum atomic E-state index is 0.496. The third kappa shape index (κ3) is 5.65. The monoisotopic (exact) mass is 306 g/mol. The Kier molecular flexibility index (Phi) is 7.08. The smallest absolute Gasteiger partial charge is 0.0332 e. The van der Waals surface area contributed by atoms with E-state index in [0.717, 1.165) is 11.8 Å². The van der Waals surface area contributed by atoms with Gasteiger partial charge in [-0.25, -0.2) is 0 Å². The number of hydrogen-bond donors (Lipinski definition) is 1. The molecule has 2 atom stereocenters. The fourth-order valence-electron chi connectivity index (χ4n) is 2.91. The molecule has 1 aliphatic rings. The molecule has 1 aromatic carbocycles. The first-order valence-corrected chi connectivity index (χ1v) is 9.38. The van der Waals surface area contributed by atoms with Crippen LogP contribution in [0.25, 0.3) is 0 Å². The van der Waals surface area contributed by atoms with Crippen molar-refractivity contribution in [2.75, 3.05) is 31.9 Å². The molecule has 3 heteroatoms. The summed E-state index contributed by atoms with van der Waals surface area (Å²) in [6.45, 7) is 11.6. The molecular formula is C18H30N2S. The topological polar surface area (TPSA) is 15.3 Å².